The number of rotatable bonds is 4. The van der Waals surface area contributed by atoms with E-state index < -0.39 is 39.8 Å². The second-order valence-corrected chi connectivity index (χ2v) is 4.14. The SMILES string of the molecule is CC(CC#N)N(C)C(=O)c1c(F)ccc([N+](=O)[O-])c1F. The van der Waals surface area contributed by atoms with E-state index in [0.717, 1.165) is 4.90 Å². The second kappa shape index (κ2) is 6.06. The van der Waals surface area contributed by atoms with Crippen molar-refractivity contribution in [3.05, 3.63) is 39.4 Å². The van der Waals surface area contributed by atoms with Gasteiger partial charge in [-0.25, -0.2) is 4.39 Å². The Morgan fingerprint density at radius 2 is 2.15 bits per heavy atom. The normalized spacial score (nSPS) is 11.6. The van der Waals surface area contributed by atoms with E-state index in [2.05, 4.69) is 0 Å². The van der Waals surface area contributed by atoms with Crippen molar-refractivity contribution in [1.82, 2.24) is 4.90 Å². The van der Waals surface area contributed by atoms with Crippen LogP contribution in [-0.2, 0) is 0 Å². The van der Waals surface area contributed by atoms with Gasteiger partial charge in [0.2, 0.25) is 5.82 Å². The Labute approximate surface area is 113 Å². The molecule has 0 bridgehead atoms. The zero-order chi connectivity index (χ0) is 15.4. The lowest BCUT2D eigenvalue weighted by atomic mass is 10.1. The smallest absolute Gasteiger partial charge is 0.305 e. The van der Waals surface area contributed by atoms with Crippen LogP contribution in [0.1, 0.15) is 23.7 Å². The van der Waals surface area contributed by atoms with Gasteiger partial charge in [0.15, 0.2) is 0 Å². The molecule has 0 heterocycles. The number of nitriles is 1. The van der Waals surface area contributed by atoms with Gasteiger partial charge in [0.05, 0.1) is 17.4 Å². The summed E-state index contributed by atoms with van der Waals surface area (Å²) in [6.07, 6.45) is -0.0274. The van der Waals surface area contributed by atoms with Crippen LogP contribution >= 0.6 is 0 Å². The molecule has 0 aliphatic carbocycles. The Hall–Kier alpha value is -2.56. The largest absolute Gasteiger partial charge is 0.338 e. The van der Waals surface area contributed by atoms with E-state index in [1.165, 1.54) is 14.0 Å². The summed E-state index contributed by atoms with van der Waals surface area (Å²) in [6.45, 7) is 1.52. The Morgan fingerprint density at radius 3 is 2.65 bits per heavy atom. The van der Waals surface area contributed by atoms with E-state index in [1.54, 1.807) is 0 Å². The van der Waals surface area contributed by atoms with E-state index in [4.69, 9.17) is 5.26 Å². The molecule has 106 valence electrons. The molecule has 1 amide bonds. The topological polar surface area (TPSA) is 87.2 Å². The van der Waals surface area contributed by atoms with Crippen LogP contribution in [0.25, 0.3) is 0 Å². The van der Waals surface area contributed by atoms with Crippen LogP contribution in [0.3, 0.4) is 0 Å². The van der Waals surface area contributed by atoms with E-state index in [-0.39, 0.29) is 6.42 Å². The van der Waals surface area contributed by atoms with Crippen molar-refractivity contribution in [3.63, 3.8) is 0 Å². The van der Waals surface area contributed by atoms with Crippen LogP contribution in [0.4, 0.5) is 14.5 Å². The summed E-state index contributed by atoms with van der Waals surface area (Å²) < 4.78 is 27.4. The number of hydrogen-bond donors (Lipinski definition) is 0. The van der Waals surface area contributed by atoms with Gasteiger partial charge in [0, 0.05) is 19.2 Å². The van der Waals surface area contributed by atoms with Crippen LogP contribution in [0.2, 0.25) is 0 Å². The van der Waals surface area contributed by atoms with Crippen molar-refractivity contribution >= 4 is 11.6 Å². The maximum Gasteiger partial charge on any atom is 0.305 e. The molecule has 0 aliphatic heterocycles. The van der Waals surface area contributed by atoms with E-state index in [9.17, 15) is 23.7 Å². The highest BCUT2D eigenvalue weighted by Gasteiger charge is 2.29. The summed E-state index contributed by atoms with van der Waals surface area (Å²) in [7, 11) is 1.27. The molecule has 0 aliphatic rings. The second-order valence-electron chi connectivity index (χ2n) is 4.14. The zero-order valence-corrected chi connectivity index (χ0v) is 10.8. The average Bonchev–Trinajstić information content (AvgIpc) is 2.37. The maximum absolute atomic E-state index is 13.8. The third-order valence-electron chi connectivity index (χ3n) is 2.85. The monoisotopic (exact) mass is 283 g/mol. The third kappa shape index (κ3) is 2.88. The molecule has 6 nitrogen and oxygen atoms in total. The molecule has 0 N–H and O–H groups in total. The average molecular weight is 283 g/mol. The van der Waals surface area contributed by atoms with Crippen LogP contribution in [-0.4, -0.2) is 28.8 Å². The van der Waals surface area contributed by atoms with Gasteiger partial charge in [-0.3, -0.25) is 14.9 Å². The number of carbonyl (C=O) groups is 1. The predicted octanol–water partition coefficient (Wildman–Crippen LogP) is 2.25. The predicted molar refractivity (Wildman–Crippen MR) is 64.8 cm³/mol. The van der Waals surface area contributed by atoms with Crippen LogP contribution in [0, 0.1) is 33.1 Å². The molecule has 0 saturated heterocycles. The number of amides is 1. The molecule has 0 spiro atoms. The molecular formula is C12H11F2N3O3. The molecule has 1 aromatic carbocycles. The molecule has 0 aromatic heterocycles. The number of benzene rings is 1. The summed E-state index contributed by atoms with van der Waals surface area (Å²) in [5.41, 5.74) is -1.97. The number of halogens is 2. The Morgan fingerprint density at radius 1 is 1.55 bits per heavy atom. The van der Waals surface area contributed by atoms with Gasteiger partial charge in [-0.1, -0.05) is 0 Å². The number of nitro benzene ring substituents is 1. The molecule has 1 atom stereocenters. The first-order valence-corrected chi connectivity index (χ1v) is 5.57. The van der Waals surface area contributed by atoms with Gasteiger partial charge < -0.3 is 4.90 Å². The lowest BCUT2D eigenvalue weighted by Crippen LogP contribution is -2.36. The van der Waals surface area contributed by atoms with Crippen molar-refractivity contribution < 1.29 is 18.5 Å². The first-order chi connectivity index (χ1) is 9.31. The van der Waals surface area contributed by atoms with Crippen molar-refractivity contribution in [3.8, 4) is 6.07 Å². The molecular weight excluding hydrogens is 272 g/mol. The standard InChI is InChI=1S/C12H11F2N3O3/c1-7(5-6-15)16(2)12(18)10-8(13)3-4-9(11(10)14)17(19)20/h3-4,7H,5H2,1-2H3. The van der Waals surface area contributed by atoms with Gasteiger partial charge >= 0.3 is 5.69 Å². The third-order valence-corrected chi connectivity index (χ3v) is 2.85. The van der Waals surface area contributed by atoms with Crippen molar-refractivity contribution in [2.75, 3.05) is 7.05 Å². The van der Waals surface area contributed by atoms with E-state index in [1.807, 2.05) is 6.07 Å². The Balaban J connectivity index is 3.26. The van der Waals surface area contributed by atoms with Gasteiger partial charge in [0.25, 0.3) is 5.91 Å². The summed E-state index contributed by atoms with van der Waals surface area (Å²) in [4.78, 5) is 22.5. The van der Waals surface area contributed by atoms with Gasteiger partial charge in [-0.15, -0.1) is 0 Å². The fraction of sp³-hybridized carbons (Fsp3) is 0.333. The summed E-state index contributed by atoms with van der Waals surface area (Å²) in [5.74, 6) is -3.75. The summed E-state index contributed by atoms with van der Waals surface area (Å²) >= 11 is 0. The van der Waals surface area contributed by atoms with E-state index >= 15 is 0 Å². The molecule has 8 heteroatoms. The zero-order valence-electron chi connectivity index (χ0n) is 10.8. The molecule has 0 fully saturated rings. The summed E-state index contributed by atoms with van der Waals surface area (Å²) in [6, 6.07) is 2.56. The first kappa shape index (κ1) is 15.5. The molecule has 1 unspecified atom stereocenters. The quantitative estimate of drug-likeness (QED) is 0.626. The van der Waals surface area contributed by atoms with Gasteiger partial charge in [-0.05, 0) is 13.0 Å². The first-order valence-electron chi connectivity index (χ1n) is 5.57. The minimum absolute atomic E-state index is 0.0274. The molecule has 0 saturated carbocycles. The minimum atomic E-state index is -1.52. The van der Waals surface area contributed by atoms with Gasteiger partial charge in [0.1, 0.15) is 11.4 Å². The highest BCUT2D eigenvalue weighted by molar-refractivity contribution is 5.95. The Bertz CT molecular complexity index is 598. The van der Waals surface area contributed by atoms with Crippen molar-refractivity contribution in [2.45, 2.75) is 19.4 Å². The molecule has 0 radical (unpaired) electrons. The molecule has 20 heavy (non-hydrogen) atoms. The lowest BCUT2D eigenvalue weighted by Gasteiger charge is -2.23. The summed E-state index contributed by atoms with van der Waals surface area (Å²) in [5, 5.41) is 19.1. The fourth-order valence-electron chi connectivity index (χ4n) is 1.52. The van der Waals surface area contributed by atoms with Crippen LogP contribution in [0.15, 0.2) is 12.1 Å². The minimum Gasteiger partial charge on any atom is -0.338 e. The Kier molecular flexibility index (Phi) is 4.69. The molecule has 1 aromatic rings. The number of carbonyl (C=O) groups excluding carboxylic acids is 1. The van der Waals surface area contributed by atoms with Crippen molar-refractivity contribution in [1.29, 1.82) is 5.26 Å². The van der Waals surface area contributed by atoms with Crippen LogP contribution in [0.5, 0.6) is 0 Å². The number of nitrogens with zero attached hydrogens (tertiary/aromatic N) is 3. The highest BCUT2D eigenvalue weighted by atomic mass is 19.1. The number of nitro groups is 1. The highest BCUT2D eigenvalue weighted by Crippen LogP contribution is 2.24. The van der Waals surface area contributed by atoms with E-state index in [0.29, 0.717) is 12.1 Å². The van der Waals surface area contributed by atoms with Gasteiger partial charge in [-0.2, -0.15) is 9.65 Å². The molecule has 1 rings (SSSR count). The van der Waals surface area contributed by atoms with Crippen LogP contribution < -0.4 is 0 Å². The van der Waals surface area contributed by atoms with Crippen molar-refractivity contribution in [2.24, 2.45) is 0 Å². The fourth-order valence-corrected chi connectivity index (χ4v) is 1.52. The number of hydrogen-bond acceptors (Lipinski definition) is 4. The lowest BCUT2D eigenvalue weighted by molar-refractivity contribution is -0.387. The maximum atomic E-state index is 13.8.